The molecule has 1 heteroatoms. The van der Waals surface area contributed by atoms with Gasteiger partial charge in [0.2, 0.25) is 0 Å². The van der Waals surface area contributed by atoms with Crippen molar-refractivity contribution < 1.29 is 4.79 Å². The molecule has 0 saturated carbocycles. The molecule has 0 atom stereocenters. The smallest absolute Gasteiger partial charge is 0.129 e. The molecule has 0 aromatic rings. The lowest BCUT2D eigenvalue weighted by Gasteiger charge is -2.08. The van der Waals surface area contributed by atoms with Gasteiger partial charge in [-0.1, -0.05) is 38.8 Å². The molecule has 0 spiro atoms. The standard InChI is InChI=1S/C13H24O/c1-11(2)12(3)9-7-5-6-8-10-13(4)14/h11H,3,5-10H2,1-2,4H3. The highest BCUT2D eigenvalue weighted by molar-refractivity contribution is 5.75. The van der Waals surface area contributed by atoms with Gasteiger partial charge < -0.3 is 4.79 Å². The highest BCUT2D eigenvalue weighted by atomic mass is 16.1. The zero-order chi connectivity index (χ0) is 11.0. The molecule has 0 rings (SSSR count). The first-order valence-electron chi connectivity index (χ1n) is 5.71. The van der Waals surface area contributed by atoms with Crippen LogP contribution in [0, 0.1) is 5.92 Å². The van der Waals surface area contributed by atoms with Crippen LogP contribution in [0.15, 0.2) is 12.2 Å². The van der Waals surface area contributed by atoms with Crippen molar-refractivity contribution in [1.29, 1.82) is 0 Å². The molecule has 0 radical (unpaired) electrons. The van der Waals surface area contributed by atoms with Gasteiger partial charge in [0.1, 0.15) is 5.78 Å². The normalized spacial score (nSPS) is 10.6. The van der Waals surface area contributed by atoms with Gasteiger partial charge in [0.15, 0.2) is 0 Å². The van der Waals surface area contributed by atoms with Crippen LogP contribution in [0.2, 0.25) is 0 Å². The molecule has 14 heavy (non-hydrogen) atoms. The van der Waals surface area contributed by atoms with Gasteiger partial charge in [0.25, 0.3) is 0 Å². The average molecular weight is 196 g/mol. The average Bonchev–Trinajstić information content (AvgIpc) is 2.09. The minimum Gasteiger partial charge on any atom is -0.300 e. The first-order valence-corrected chi connectivity index (χ1v) is 5.71. The van der Waals surface area contributed by atoms with Crippen LogP contribution in [-0.2, 0) is 4.79 Å². The molecule has 0 aliphatic rings. The molecule has 0 aromatic heterocycles. The number of Topliss-reactive ketones (excluding diaryl/α,β-unsaturated/α-hetero) is 1. The lowest BCUT2D eigenvalue weighted by Crippen LogP contribution is -1.93. The topological polar surface area (TPSA) is 17.1 Å². The number of hydrogen-bond donors (Lipinski definition) is 0. The molecule has 0 aliphatic heterocycles. The second kappa shape index (κ2) is 7.78. The van der Waals surface area contributed by atoms with E-state index in [1.54, 1.807) is 6.92 Å². The van der Waals surface area contributed by atoms with Crippen molar-refractivity contribution in [3.05, 3.63) is 12.2 Å². The van der Waals surface area contributed by atoms with Crippen LogP contribution >= 0.6 is 0 Å². The minimum absolute atomic E-state index is 0.316. The van der Waals surface area contributed by atoms with Gasteiger partial charge in [0, 0.05) is 6.42 Å². The summed E-state index contributed by atoms with van der Waals surface area (Å²) in [4.78, 5) is 10.7. The number of carbonyl (C=O) groups excluding carboxylic acids is 1. The van der Waals surface area contributed by atoms with E-state index in [0.717, 1.165) is 19.3 Å². The second-order valence-electron chi connectivity index (χ2n) is 4.43. The fourth-order valence-corrected chi connectivity index (χ4v) is 1.37. The second-order valence-corrected chi connectivity index (χ2v) is 4.43. The van der Waals surface area contributed by atoms with Gasteiger partial charge in [-0.3, -0.25) is 0 Å². The van der Waals surface area contributed by atoms with Crippen LogP contribution in [0.1, 0.15) is 59.3 Å². The molecule has 0 N–H and O–H groups in total. The van der Waals surface area contributed by atoms with Gasteiger partial charge in [0.05, 0.1) is 0 Å². The Balaban J connectivity index is 3.22. The van der Waals surface area contributed by atoms with Gasteiger partial charge >= 0.3 is 0 Å². The molecule has 0 fully saturated rings. The van der Waals surface area contributed by atoms with Crippen molar-refractivity contribution in [2.75, 3.05) is 0 Å². The third kappa shape index (κ3) is 8.03. The van der Waals surface area contributed by atoms with Gasteiger partial charge in [-0.15, -0.1) is 0 Å². The highest BCUT2D eigenvalue weighted by Crippen LogP contribution is 2.16. The summed E-state index contributed by atoms with van der Waals surface area (Å²) in [5.41, 5.74) is 1.36. The van der Waals surface area contributed by atoms with Crippen LogP contribution in [0.3, 0.4) is 0 Å². The Hall–Kier alpha value is -0.590. The van der Waals surface area contributed by atoms with E-state index in [2.05, 4.69) is 20.4 Å². The van der Waals surface area contributed by atoms with Crippen molar-refractivity contribution in [2.45, 2.75) is 59.3 Å². The fourth-order valence-electron chi connectivity index (χ4n) is 1.37. The fraction of sp³-hybridized carbons (Fsp3) is 0.769. The van der Waals surface area contributed by atoms with Crippen LogP contribution < -0.4 is 0 Å². The van der Waals surface area contributed by atoms with Crippen molar-refractivity contribution >= 4 is 5.78 Å². The summed E-state index contributed by atoms with van der Waals surface area (Å²) < 4.78 is 0. The largest absolute Gasteiger partial charge is 0.300 e. The molecule has 0 heterocycles. The molecule has 0 saturated heterocycles. The Bertz CT molecular complexity index is 180. The number of rotatable bonds is 8. The summed E-state index contributed by atoms with van der Waals surface area (Å²) in [6.07, 6.45) is 6.62. The maximum atomic E-state index is 10.7. The molecule has 0 aromatic carbocycles. The monoisotopic (exact) mass is 196 g/mol. The maximum Gasteiger partial charge on any atom is 0.129 e. The molecule has 82 valence electrons. The molecule has 0 amide bonds. The van der Waals surface area contributed by atoms with Crippen molar-refractivity contribution in [1.82, 2.24) is 0 Å². The molecule has 0 unspecified atom stereocenters. The Morgan fingerprint density at radius 2 is 1.57 bits per heavy atom. The van der Waals surface area contributed by atoms with E-state index in [-0.39, 0.29) is 0 Å². The van der Waals surface area contributed by atoms with Crippen LogP contribution in [0.4, 0.5) is 0 Å². The van der Waals surface area contributed by atoms with Crippen molar-refractivity contribution in [2.24, 2.45) is 5.92 Å². The molecule has 1 nitrogen and oxygen atoms in total. The van der Waals surface area contributed by atoms with Crippen LogP contribution in [-0.4, -0.2) is 5.78 Å². The van der Waals surface area contributed by atoms with Gasteiger partial charge in [-0.25, -0.2) is 0 Å². The molecular formula is C13H24O. The van der Waals surface area contributed by atoms with E-state index in [1.807, 2.05) is 0 Å². The summed E-state index contributed by atoms with van der Waals surface area (Å²) in [6, 6.07) is 0. The minimum atomic E-state index is 0.316. The van der Waals surface area contributed by atoms with E-state index in [0.29, 0.717) is 11.7 Å². The highest BCUT2D eigenvalue weighted by Gasteiger charge is 1.99. The van der Waals surface area contributed by atoms with E-state index in [9.17, 15) is 4.79 Å². The predicted molar refractivity (Wildman–Crippen MR) is 62.4 cm³/mol. The van der Waals surface area contributed by atoms with Crippen molar-refractivity contribution in [3.8, 4) is 0 Å². The Kier molecular flexibility index (Phi) is 7.45. The first-order chi connectivity index (χ1) is 6.54. The van der Waals surface area contributed by atoms with Crippen LogP contribution in [0.25, 0.3) is 0 Å². The van der Waals surface area contributed by atoms with E-state index in [4.69, 9.17) is 0 Å². The maximum absolute atomic E-state index is 10.7. The zero-order valence-electron chi connectivity index (χ0n) is 9.94. The lowest BCUT2D eigenvalue weighted by atomic mass is 9.98. The predicted octanol–water partition coefficient (Wildman–Crippen LogP) is 4.13. The SMILES string of the molecule is C=C(CCCCCCC(C)=O)C(C)C. The van der Waals surface area contributed by atoms with Gasteiger partial charge in [-0.05, 0) is 32.1 Å². The summed E-state index contributed by atoms with van der Waals surface area (Å²) >= 11 is 0. The van der Waals surface area contributed by atoms with E-state index in [1.165, 1.54) is 24.8 Å². The number of unbranched alkanes of at least 4 members (excludes halogenated alkanes) is 3. The Labute approximate surface area is 88.6 Å². The van der Waals surface area contributed by atoms with E-state index >= 15 is 0 Å². The Morgan fingerprint density at radius 1 is 1.07 bits per heavy atom. The molecular weight excluding hydrogens is 172 g/mol. The lowest BCUT2D eigenvalue weighted by molar-refractivity contribution is -0.117. The number of allylic oxidation sites excluding steroid dienone is 1. The first kappa shape index (κ1) is 13.4. The zero-order valence-corrected chi connectivity index (χ0v) is 9.94. The molecule has 0 aliphatic carbocycles. The third-order valence-electron chi connectivity index (χ3n) is 2.59. The van der Waals surface area contributed by atoms with Crippen LogP contribution in [0.5, 0.6) is 0 Å². The number of hydrogen-bond acceptors (Lipinski definition) is 1. The third-order valence-corrected chi connectivity index (χ3v) is 2.59. The van der Waals surface area contributed by atoms with Gasteiger partial charge in [-0.2, -0.15) is 0 Å². The summed E-state index contributed by atoms with van der Waals surface area (Å²) in [7, 11) is 0. The molecule has 0 bridgehead atoms. The summed E-state index contributed by atoms with van der Waals surface area (Å²) in [5, 5.41) is 0. The van der Waals surface area contributed by atoms with Crippen molar-refractivity contribution in [3.63, 3.8) is 0 Å². The number of carbonyl (C=O) groups is 1. The summed E-state index contributed by atoms with van der Waals surface area (Å²) in [6.45, 7) is 10.1. The summed E-state index contributed by atoms with van der Waals surface area (Å²) in [5.74, 6) is 0.934. The number of ketones is 1. The quantitative estimate of drug-likeness (QED) is 0.421. The van der Waals surface area contributed by atoms with E-state index < -0.39 is 0 Å². The Morgan fingerprint density at radius 3 is 2.00 bits per heavy atom.